The zero-order valence-electron chi connectivity index (χ0n) is 14.9. The van der Waals surface area contributed by atoms with Crippen molar-refractivity contribution in [3.63, 3.8) is 0 Å². The molecule has 2 aromatic carbocycles. The monoisotopic (exact) mass is 379 g/mol. The summed E-state index contributed by atoms with van der Waals surface area (Å²) in [5, 5.41) is 16.8. The largest absolute Gasteiger partial charge is 0.478 e. The number of rotatable bonds is 6. The summed E-state index contributed by atoms with van der Waals surface area (Å²) in [4.78, 5) is 23.3. The smallest absolute Gasteiger partial charge is 0.337 e. The van der Waals surface area contributed by atoms with E-state index in [0.717, 1.165) is 17.4 Å². The quantitative estimate of drug-likeness (QED) is 0.636. The van der Waals surface area contributed by atoms with Crippen LogP contribution in [0, 0.1) is 11.7 Å². The fourth-order valence-electron chi connectivity index (χ4n) is 3.05. The molecule has 2 N–H and O–H groups in total. The van der Waals surface area contributed by atoms with Gasteiger partial charge in [-0.1, -0.05) is 12.1 Å². The molecule has 0 saturated heterocycles. The Bertz CT molecular complexity index is 1100. The van der Waals surface area contributed by atoms with Crippen LogP contribution in [0.4, 0.5) is 10.1 Å². The van der Waals surface area contributed by atoms with Gasteiger partial charge in [0, 0.05) is 29.6 Å². The molecule has 3 aromatic rings. The normalized spacial score (nSPS) is 13.9. The number of fused-ring (bicyclic) bond motifs is 1. The lowest BCUT2D eigenvalue weighted by Crippen LogP contribution is -2.11. The van der Waals surface area contributed by atoms with Gasteiger partial charge < -0.3 is 10.4 Å². The number of carboxylic acid groups (broad SMARTS) is 1. The van der Waals surface area contributed by atoms with Gasteiger partial charge in [0.05, 0.1) is 23.0 Å². The first-order valence-electron chi connectivity index (χ1n) is 8.98. The van der Waals surface area contributed by atoms with Gasteiger partial charge in [-0.05, 0) is 43.0 Å². The Morgan fingerprint density at radius 1 is 1.29 bits per heavy atom. The number of carbonyl (C=O) groups excluding carboxylic acids is 1. The second kappa shape index (κ2) is 7.26. The van der Waals surface area contributed by atoms with Crippen LogP contribution >= 0.6 is 0 Å². The number of anilines is 1. The van der Waals surface area contributed by atoms with Gasteiger partial charge in [-0.3, -0.25) is 9.48 Å². The Morgan fingerprint density at radius 3 is 2.82 bits per heavy atom. The number of carboxylic acids is 1. The SMILES string of the molecule is O=C(/C=C/c1cc2cnn(CC3CC3)c2cc1F)Nc1ccccc1C(=O)O. The summed E-state index contributed by atoms with van der Waals surface area (Å²) >= 11 is 0. The van der Waals surface area contributed by atoms with Crippen LogP contribution in [0.2, 0.25) is 0 Å². The van der Waals surface area contributed by atoms with E-state index in [0.29, 0.717) is 5.92 Å². The van der Waals surface area contributed by atoms with Crippen LogP contribution in [-0.2, 0) is 11.3 Å². The third kappa shape index (κ3) is 3.78. The van der Waals surface area contributed by atoms with Crippen molar-refractivity contribution in [1.29, 1.82) is 0 Å². The van der Waals surface area contributed by atoms with Gasteiger partial charge in [0.1, 0.15) is 5.82 Å². The molecule has 1 fully saturated rings. The summed E-state index contributed by atoms with van der Waals surface area (Å²) in [6.07, 6.45) is 6.61. The molecule has 7 heteroatoms. The molecule has 1 aliphatic carbocycles. The first-order chi connectivity index (χ1) is 13.5. The van der Waals surface area contributed by atoms with Crippen molar-refractivity contribution in [3.8, 4) is 0 Å². The molecule has 4 rings (SSSR count). The lowest BCUT2D eigenvalue weighted by Gasteiger charge is -2.06. The maximum absolute atomic E-state index is 14.5. The Hall–Kier alpha value is -3.48. The molecule has 1 aromatic heterocycles. The number of hydrogen-bond acceptors (Lipinski definition) is 3. The van der Waals surface area contributed by atoms with Gasteiger partial charge in [0.15, 0.2) is 0 Å². The van der Waals surface area contributed by atoms with E-state index in [4.69, 9.17) is 5.11 Å². The number of nitrogens with zero attached hydrogens (tertiary/aromatic N) is 2. The Balaban J connectivity index is 1.52. The maximum atomic E-state index is 14.5. The Kier molecular flexibility index (Phi) is 4.65. The van der Waals surface area contributed by atoms with E-state index in [-0.39, 0.29) is 16.8 Å². The molecule has 0 radical (unpaired) electrons. The second-order valence-corrected chi connectivity index (χ2v) is 6.88. The molecule has 0 aliphatic heterocycles. The van der Waals surface area contributed by atoms with E-state index in [2.05, 4.69) is 10.4 Å². The van der Waals surface area contributed by atoms with Gasteiger partial charge in [0.2, 0.25) is 5.91 Å². The summed E-state index contributed by atoms with van der Waals surface area (Å²) in [7, 11) is 0. The highest BCUT2D eigenvalue weighted by Gasteiger charge is 2.23. The summed E-state index contributed by atoms with van der Waals surface area (Å²) in [6.45, 7) is 0.795. The Morgan fingerprint density at radius 2 is 2.07 bits per heavy atom. The summed E-state index contributed by atoms with van der Waals surface area (Å²) in [5.74, 6) is -1.50. The van der Waals surface area contributed by atoms with Crippen molar-refractivity contribution in [2.45, 2.75) is 19.4 Å². The summed E-state index contributed by atoms with van der Waals surface area (Å²) in [5.41, 5.74) is 1.17. The standard InChI is InChI=1S/C21H18FN3O3/c22-17-10-19-15(11-23-25(19)12-13-5-6-13)9-14(17)7-8-20(26)24-18-4-2-1-3-16(18)21(27)28/h1-4,7-11,13H,5-6,12H2,(H,24,26)(H,27,28)/b8-7+. The molecule has 28 heavy (non-hydrogen) atoms. The molecule has 0 spiro atoms. The molecular formula is C21H18FN3O3. The fourth-order valence-corrected chi connectivity index (χ4v) is 3.05. The van der Waals surface area contributed by atoms with Crippen LogP contribution in [0.5, 0.6) is 0 Å². The van der Waals surface area contributed by atoms with Crippen molar-refractivity contribution in [1.82, 2.24) is 9.78 Å². The van der Waals surface area contributed by atoms with E-state index in [1.807, 2.05) is 4.68 Å². The van der Waals surface area contributed by atoms with Crippen LogP contribution in [-0.4, -0.2) is 26.8 Å². The first-order valence-corrected chi connectivity index (χ1v) is 8.98. The lowest BCUT2D eigenvalue weighted by molar-refractivity contribution is -0.111. The zero-order valence-corrected chi connectivity index (χ0v) is 14.9. The number of halogens is 1. The van der Waals surface area contributed by atoms with E-state index in [1.54, 1.807) is 24.4 Å². The average molecular weight is 379 g/mol. The number of hydrogen-bond donors (Lipinski definition) is 2. The van der Waals surface area contributed by atoms with Crippen LogP contribution in [0.15, 0.2) is 48.7 Å². The molecule has 0 bridgehead atoms. The van der Waals surface area contributed by atoms with Gasteiger partial charge in [-0.25, -0.2) is 9.18 Å². The molecule has 1 aliphatic rings. The Labute approximate surface area is 160 Å². The predicted octanol–water partition coefficient (Wildman–Crippen LogP) is 3.94. The summed E-state index contributed by atoms with van der Waals surface area (Å²) in [6, 6.07) is 9.17. The molecule has 1 saturated carbocycles. The highest BCUT2D eigenvalue weighted by atomic mass is 19.1. The molecule has 142 valence electrons. The van der Waals surface area contributed by atoms with Gasteiger partial charge in [-0.2, -0.15) is 5.10 Å². The number of amides is 1. The van der Waals surface area contributed by atoms with E-state index in [9.17, 15) is 14.0 Å². The maximum Gasteiger partial charge on any atom is 0.337 e. The topological polar surface area (TPSA) is 84.2 Å². The van der Waals surface area contributed by atoms with Gasteiger partial charge in [0.25, 0.3) is 0 Å². The number of para-hydroxylation sites is 1. The molecule has 0 atom stereocenters. The highest BCUT2D eigenvalue weighted by molar-refractivity contribution is 6.06. The van der Waals surface area contributed by atoms with Crippen molar-refractivity contribution in [3.05, 3.63) is 65.6 Å². The van der Waals surface area contributed by atoms with Crippen molar-refractivity contribution in [2.24, 2.45) is 5.92 Å². The van der Waals surface area contributed by atoms with Crippen LogP contribution in [0.1, 0.15) is 28.8 Å². The zero-order chi connectivity index (χ0) is 19.7. The van der Waals surface area contributed by atoms with E-state index in [1.165, 1.54) is 43.2 Å². The first kappa shape index (κ1) is 17.9. The van der Waals surface area contributed by atoms with Crippen molar-refractivity contribution in [2.75, 3.05) is 5.32 Å². The third-order valence-electron chi connectivity index (χ3n) is 4.72. The number of carbonyl (C=O) groups is 2. The van der Waals surface area contributed by atoms with Crippen molar-refractivity contribution >= 4 is 34.5 Å². The number of aromatic carboxylic acids is 1. The molecule has 0 unspecified atom stereocenters. The highest BCUT2D eigenvalue weighted by Crippen LogP contribution is 2.32. The summed E-state index contributed by atoms with van der Waals surface area (Å²) < 4.78 is 16.3. The fraction of sp³-hybridized carbons (Fsp3) is 0.190. The lowest BCUT2D eigenvalue weighted by atomic mass is 10.1. The van der Waals surface area contributed by atoms with E-state index >= 15 is 0 Å². The number of benzene rings is 2. The average Bonchev–Trinajstić information content (AvgIpc) is 3.41. The minimum absolute atomic E-state index is 0.0140. The molecule has 6 nitrogen and oxygen atoms in total. The predicted molar refractivity (Wildman–Crippen MR) is 103 cm³/mol. The van der Waals surface area contributed by atoms with Crippen molar-refractivity contribution < 1.29 is 19.1 Å². The minimum Gasteiger partial charge on any atom is -0.478 e. The van der Waals surface area contributed by atoms with Crippen LogP contribution in [0.3, 0.4) is 0 Å². The van der Waals surface area contributed by atoms with Gasteiger partial charge >= 0.3 is 5.97 Å². The minimum atomic E-state index is -1.14. The molecular weight excluding hydrogens is 361 g/mol. The van der Waals surface area contributed by atoms with Crippen LogP contribution < -0.4 is 5.32 Å². The third-order valence-corrected chi connectivity index (χ3v) is 4.72. The number of aromatic nitrogens is 2. The molecule has 1 amide bonds. The van der Waals surface area contributed by atoms with E-state index < -0.39 is 17.7 Å². The van der Waals surface area contributed by atoms with Gasteiger partial charge in [-0.15, -0.1) is 0 Å². The number of nitrogens with one attached hydrogen (secondary N) is 1. The van der Waals surface area contributed by atoms with Crippen LogP contribution in [0.25, 0.3) is 17.0 Å². The second-order valence-electron chi connectivity index (χ2n) is 6.88. The molecule has 1 heterocycles.